The Kier molecular flexibility index (Phi) is 4.36. The quantitative estimate of drug-likeness (QED) is 0.602. The van der Waals surface area contributed by atoms with Crippen LogP contribution < -0.4 is 11.5 Å². The van der Waals surface area contributed by atoms with Crippen molar-refractivity contribution in [1.82, 2.24) is 4.90 Å². The molecular formula is C11H18N4OS. The molecule has 0 bridgehead atoms. The Hall–Kier alpha value is -1.11. The number of ether oxygens (including phenoxy) is 1. The van der Waals surface area contributed by atoms with Gasteiger partial charge in [0.05, 0.1) is 25.8 Å². The normalized spacial score (nSPS) is 18.8. The third kappa shape index (κ3) is 3.42. The van der Waals surface area contributed by atoms with Crippen molar-refractivity contribution >= 4 is 17.3 Å². The number of guanidine groups is 1. The van der Waals surface area contributed by atoms with E-state index < -0.39 is 0 Å². The molecule has 2 heterocycles. The molecule has 0 radical (unpaired) electrons. The molecule has 0 saturated carbocycles. The smallest absolute Gasteiger partial charge is 0.185 e. The molecule has 6 heteroatoms. The van der Waals surface area contributed by atoms with Crippen LogP contribution in [0.4, 0.5) is 0 Å². The van der Waals surface area contributed by atoms with E-state index in [0.29, 0.717) is 6.54 Å². The van der Waals surface area contributed by atoms with Crippen molar-refractivity contribution in [2.75, 3.05) is 32.8 Å². The Labute approximate surface area is 105 Å². The van der Waals surface area contributed by atoms with Crippen molar-refractivity contribution in [3.8, 4) is 0 Å². The molecule has 0 spiro atoms. The Bertz CT molecular complexity index is 356. The number of nitrogens with zero attached hydrogens (tertiary/aromatic N) is 2. The molecule has 94 valence electrons. The average Bonchev–Trinajstić information content (AvgIpc) is 2.84. The zero-order chi connectivity index (χ0) is 12.1. The zero-order valence-electron chi connectivity index (χ0n) is 9.71. The average molecular weight is 254 g/mol. The largest absolute Gasteiger partial charge is 0.379 e. The van der Waals surface area contributed by atoms with Gasteiger partial charge in [0.25, 0.3) is 0 Å². The Balaban J connectivity index is 2.08. The van der Waals surface area contributed by atoms with E-state index in [-0.39, 0.29) is 12.0 Å². The molecule has 4 N–H and O–H groups in total. The van der Waals surface area contributed by atoms with Crippen LogP contribution in [0.3, 0.4) is 0 Å². The summed E-state index contributed by atoms with van der Waals surface area (Å²) in [7, 11) is 0. The first-order valence-electron chi connectivity index (χ1n) is 5.68. The van der Waals surface area contributed by atoms with E-state index in [1.807, 2.05) is 0 Å². The molecular weight excluding hydrogens is 236 g/mol. The summed E-state index contributed by atoms with van der Waals surface area (Å²) in [6.45, 7) is 4.04. The fourth-order valence-electron chi connectivity index (χ4n) is 1.95. The van der Waals surface area contributed by atoms with Crippen LogP contribution in [0.15, 0.2) is 22.5 Å². The molecule has 1 fully saturated rings. The van der Waals surface area contributed by atoms with Crippen molar-refractivity contribution in [3.63, 3.8) is 0 Å². The minimum atomic E-state index is 0.153. The standard InChI is InChI=1S/C11H18N4OS/c12-11(13)14-8-9(10-2-1-7-17-10)15-3-5-16-6-4-15/h1-2,7,9H,3-6,8H2,(H4,12,13,14). The predicted molar refractivity (Wildman–Crippen MR) is 70.1 cm³/mol. The van der Waals surface area contributed by atoms with Gasteiger partial charge in [-0.15, -0.1) is 11.3 Å². The molecule has 17 heavy (non-hydrogen) atoms. The second kappa shape index (κ2) is 6.00. The number of hydrogen-bond acceptors (Lipinski definition) is 4. The summed E-state index contributed by atoms with van der Waals surface area (Å²) >= 11 is 1.74. The SMILES string of the molecule is NC(N)=NCC(c1cccs1)N1CCOCC1. The lowest BCUT2D eigenvalue weighted by Gasteiger charge is -2.33. The first-order chi connectivity index (χ1) is 8.27. The summed E-state index contributed by atoms with van der Waals surface area (Å²) in [5, 5.41) is 2.08. The fourth-order valence-corrected chi connectivity index (χ4v) is 2.80. The second-order valence-electron chi connectivity index (χ2n) is 3.95. The number of rotatable bonds is 4. The number of morpholine rings is 1. The van der Waals surface area contributed by atoms with Crippen molar-refractivity contribution in [3.05, 3.63) is 22.4 Å². The molecule has 2 rings (SSSR count). The van der Waals surface area contributed by atoms with E-state index in [1.54, 1.807) is 11.3 Å². The van der Waals surface area contributed by atoms with Crippen LogP contribution in [0.1, 0.15) is 10.9 Å². The first kappa shape index (κ1) is 12.3. The highest BCUT2D eigenvalue weighted by atomic mass is 32.1. The van der Waals surface area contributed by atoms with Gasteiger partial charge in [0.15, 0.2) is 5.96 Å². The number of thiophene rings is 1. The van der Waals surface area contributed by atoms with Gasteiger partial charge in [-0.2, -0.15) is 0 Å². The van der Waals surface area contributed by atoms with Gasteiger partial charge < -0.3 is 16.2 Å². The Morgan fingerprint density at radius 1 is 1.47 bits per heavy atom. The summed E-state index contributed by atoms with van der Waals surface area (Å²) in [5.74, 6) is 0.153. The molecule has 1 aromatic rings. The number of hydrogen-bond donors (Lipinski definition) is 2. The first-order valence-corrected chi connectivity index (χ1v) is 6.56. The van der Waals surface area contributed by atoms with Gasteiger partial charge in [-0.1, -0.05) is 6.07 Å². The maximum absolute atomic E-state index is 5.41. The minimum absolute atomic E-state index is 0.153. The molecule has 1 aromatic heterocycles. The second-order valence-corrected chi connectivity index (χ2v) is 4.92. The lowest BCUT2D eigenvalue weighted by atomic mass is 10.2. The van der Waals surface area contributed by atoms with Gasteiger partial charge in [0.1, 0.15) is 0 Å². The fraction of sp³-hybridized carbons (Fsp3) is 0.545. The molecule has 5 nitrogen and oxygen atoms in total. The summed E-state index contributed by atoms with van der Waals surface area (Å²) < 4.78 is 5.37. The Morgan fingerprint density at radius 3 is 2.82 bits per heavy atom. The van der Waals surface area contributed by atoms with Gasteiger partial charge in [0.2, 0.25) is 0 Å². The van der Waals surface area contributed by atoms with E-state index in [1.165, 1.54) is 4.88 Å². The van der Waals surface area contributed by atoms with Gasteiger partial charge in [-0.05, 0) is 11.4 Å². The third-order valence-electron chi connectivity index (χ3n) is 2.80. The van der Waals surface area contributed by atoms with Crippen LogP contribution in [-0.2, 0) is 4.74 Å². The molecule has 1 atom stereocenters. The van der Waals surface area contributed by atoms with Crippen LogP contribution in [0, 0.1) is 0 Å². The highest BCUT2D eigenvalue weighted by Crippen LogP contribution is 2.26. The summed E-state index contributed by atoms with van der Waals surface area (Å²) in [5.41, 5.74) is 10.8. The van der Waals surface area contributed by atoms with E-state index in [0.717, 1.165) is 26.3 Å². The summed E-state index contributed by atoms with van der Waals surface area (Å²) in [6.07, 6.45) is 0. The minimum Gasteiger partial charge on any atom is -0.379 e. The van der Waals surface area contributed by atoms with E-state index in [2.05, 4.69) is 27.4 Å². The molecule has 1 unspecified atom stereocenters. The van der Waals surface area contributed by atoms with E-state index in [4.69, 9.17) is 16.2 Å². The maximum Gasteiger partial charge on any atom is 0.185 e. The monoisotopic (exact) mass is 254 g/mol. The molecule has 0 aromatic carbocycles. The van der Waals surface area contributed by atoms with Gasteiger partial charge in [0, 0.05) is 18.0 Å². The van der Waals surface area contributed by atoms with Crippen LogP contribution in [0.25, 0.3) is 0 Å². The summed E-state index contributed by atoms with van der Waals surface area (Å²) in [4.78, 5) is 7.83. The van der Waals surface area contributed by atoms with E-state index >= 15 is 0 Å². The number of aliphatic imine (C=N–C) groups is 1. The molecule has 0 aliphatic carbocycles. The lowest BCUT2D eigenvalue weighted by Crippen LogP contribution is -2.40. The van der Waals surface area contributed by atoms with Crippen molar-refractivity contribution < 1.29 is 4.74 Å². The van der Waals surface area contributed by atoms with Gasteiger partial charge in [-0.3, -0.25) is 9.89 Å². The van der Waals surface area contributed by atoms with Gasteiger partial charge >= 0.3 is 0 Å². The highest BCUT2D eigenvalue weighted by molar-refractivity contribution is 7.10. The molecule has 0 amide bonds. The predicted octanol–water partition coefficient (Wildman–Crippen LogP) is 0.395. The van der Waals surface area contributed by atoms with Crippen molar-refractivity contribution in [2.45, 2.75) is 6.04 Å². The Morgan fingerprint density at radius 2 is 2.24 bits per heavy atom. The topological polar surface area (TPSA) is 76.9 Å². The molecule has 1 aliphatic heterocycles. The highest BCUT2D eigenvalue weighted by Gasteiger charge is 2.22. The van der Waals surface area contributed by atoms with Gasteiger partial charge in [-0.25, -0.2) is 0 Å². The number of nitrogens with two attached hydrogens (primary N) is 2. The molecule has 1 aliphatic rings. The van der Waals surface area contributed by atoms with Crippen LogP contribution >= 0.6 is 11.3 Å². The van der Waals surface area contributed by atoms with Crippen LogP contribution in [0.5, 0.6) is 0 Å². The van der Waals surface area contributed by atoms with E-state index in [9.17, 15) is 0 Å². The maximum atomic E-state index is 5.41. The van der Waals surface area contributed by atoms with Crippen LogP contribution in [-0.4, -0.2) is 43.7 Å². The zero-order valence-corrected chi connectivity index (χ0v) is 10.5. The van der Waals surface area contributed by atoms with Crippen LogP contribution in [0.2, 0.25) is 0 Å². The van der Waals surface area contributed by atoms with Crippen molar-refractivity contribution in [1.29, 1.82) is 0 Å². The van der Waals surface area contributed by atoms with Crippen molar-refractivity contribution in [2.24, 2.45) is 16.5 Å². The third-order valence-corrected chi connectivity index (χ3v) is 3.78. The lowest BCUT2D eigenvalue weighted by molar-refractivity contribution is 0.0187. The molecule has 1 saturated heterocycles. The summed E-state index contributed by atoms with van der Waals surface area (Å²) in [6, 6.07) is 4.46.